The molecule has 0 unspecified atom stereocenters. The van der Waals surface area contributed by atoms with Crippen molar-refractivity contribution in [3.05, 3.63) is 36.3 Å². The van der Waals surface area contributed by atoms with Crippen molar-refractivity contribution in [2.45, 2.75) is 6.92 Å². The van der Waals surface area contributed by atoms with E-state index < -0.39 is 0 Å². The van der Waals surface area contributed by atoms with Crippen molar-refractivity contribution >= 4 is 5.69 Å². The number of nitrogens with zero attached hydrogens (tertiary/aromatic N) is 3. The van der Waals surface area contributed by atoms with Crippen molar-refractivity contribution in [3.63, 3.8) is 0 Å². The normalized spacial score (nSPS) is 10.1. The molecule has 0 radical (unpaired) electrons. The van der Waals surface area contributed by atoms with Crippen LogP contribution in [-0.2, 0) is 0 Å². The van der Waals surface area contributed by atoms with Gasteiger partial charge in [-0.15, -0.1) is 0 Å². The van der Waals surface area contributed by atoms with Crippen LogP contribution in [0, 0.1) is 6.92 Å². The van der Waals surface area contributed by atoms with E-state index in [0.717, 1.165) is 11.4 Å². The second kappa shape index (κ2) is 3.41. The highest BCUT2D eigenvalue weighted by Gasteiger charge is 2.01. The van der Waals surface area contributed by atoms with Crippen molar-refractivity contribution in [1.82, 2.24) is 15.0 Å². The van der Waals surface area contributed by atoms with E-state index >= 15 is 0 Å². The van der Waals surface area contributed by atoms with E-state index in [-0.39, 0.29) is 0 Å². The molecule has 0 saturated heterocycles. The van der Waals surface area contributed by atoms with Crippen LogP contribution < -0.4 is 5.73 Å². The Hall–Kier alpha value is -1.97. The zero-order chi connectivity index (χ0) is 9.97. The molecule has 4 heteroatoms. The molecule has 0 spiro atoms. The first-order valence-electron chi connectivity index (χ1n) is 4.27. The molecule has 2 aromatic heterocycles. The molecular formula is C10H10N4. The number of aryl methyl sites for hydroxylation is 1. The number of aromatic nitrogens is 3. The minimum atomic E-state index is 0.557. The maximum atomic E-state index is 5.49. The van der Waals surface area contributed by atoms with Crippen LogP contribution in [0.25, 0.3) is 11.5 Å². The highest BCUT2D eigenvalue weighted by molar-refractivity contribution is 5.50. The molecule has 0 aliphatic heterocycles. The molecular weight excluding hydrogens is 176 g/mol. The first kappa shape index (κ1) is 8.62. The van der Waals surface area contributed by atoms with Gasteiger partial charge in [0.15, 0.2) is 5.82 Å². The number of nitrogens with two attached hydrogens (primary N) is 1. The molecule has 0 fully saturated rings. The summed E-state index contributed by atoms with van der Waals surface area (Å²) in [6.07, 6.45) is 3.15. The van der Waals surface area contributed by atoms with E-state index in [1.165, 1.54) is 0 Å². The number of hydrogen-bond donors (Lipinski definition) is 1. The fraction of sp³-hybridized carbons (Fsp3) is 0.100. The molecule has 0 aliphatic rings. The predicted octanol–water partition coefficient (Wildman–Crippen LogP) is 1.43. The summed E-state index contributed by atoms with van der Waals surface area (Å²) in [5.41, 5.74) is 7.76. The summed E-state index contributed by atoms with van der Waals surface area (Å²) in [6, 6.07) is 5.73. The number of anilines is 1. The van der Waals surface area contributed by atoms with Crippen LogP contribution in [0.5, 0.6) is 0 Å². The molecule has 0 aromatic carbocycles. The van der Waals surface area contributed by atoms with Gasteiger partial charge in [-0.05, 0) is 19.1 Å². The number of pyridine rings is 1. The number of hydrogen-bond acceptors (Lipinski definition) is 4. The Morgan fingerprint density at radius 1 is 1.14 bits per heavy atom. The van der Waals surface area contributed by atoms with E-state index in [1.54, 1.807) is 12.4 Å². The van der Waals surface area contributed by atoms with E-state index in [1.807, 2.05) is 25.1 Å². The van der Waals surface area contributed by atoms with Gasteiger partial charge < -0.3 is 5.73 Å². The SMILES string of the molecule is Cc1cccc(-c2ncc(N)cn2)n1. The fourth-order valence-corrected chi connectivity index (χ4v) is 1.14. The van der Waals surface area contributed by atoms with Gasteiger partial charge in [0.05, 0.1) is 18.1 Å². The highest BCUT2D eigenvalue weighted by Crippen LogP contribution is 2.11. The Morgan fingerprint density at radius 2 is 1.86 bits per heavy atom. The molecule has 2 aromatic rings. The lowest BCUT2D eigenvalue weighted by Gasteiger charge is -1.99. The van der Waals surface area contributed by atoms with Crippen LogP contribution in [0.3, 0.4) is 0 Å². The third-order valence-corrected chi connectivity index (χ3v) is 1.79. The molecule has 2 heterocycles. The summed E-state index contributed by atoms with van der Waals surface area (Å²) in [5.74, 6) is 0.600. The third-order valence-electron chi connectivity index (χ3n) is 1.79. The van der Waals surface area contributed by atoms with Gasteiger partial charge in [-0.3, -0.25) is 0 Å². The summed E-state index contributed by atoms with van der Waals surface area (Å²) >= 11 is 0. The lowest BCUT2D eigenvalue weighted by atomic mass is 10.3. The Labute approximate surface area is 81.9 Å². The molecule has 4 nitrogen and oxygen atoms in total. The predicted molar refractivity (Wildman–Crippen MR) is 54.4 cm³/mol. The molecule has 0 aliphatic carbocycles. The van der Waals surface area contributed by atoms with E-state index in [0.29, 0.717) is 11.5 Å². The van der Waals surface area contributed by atoms with Crippen molar-refractivity contribution in [3.8, 4) is 11.5 Å². The summed E-state index contributed by atoms with van der Waals surface area (Å²) in [7, 11) is 0. The molecule has 70 valence electrons. The number of nitrogen functional groups attached to an aromatic ring is 1. The van der Waals surface area contributed by atoms with Crippen molar-refractivity contribution in [2.75, 3.05) is 5.73 Å². The second-order valence-corrected chi connectivity index (χ2v) is 3.00. The monoisotopic (exact) mass is 186 g/mol. The first-order valence-corrected chi connectivity index (χ1v) is 4.27. The lowest BCUT2D eigenvalue weighted by molar-refractivity contribution is 1.12. The van der Waals surface area contributed by atoms with Gasteiger partial charge in [-0.1, -0.05) is 6.07 Å². The van der Waals surface area contributed by atoms with Crippen LogP contribution in [0.15, 0.2) is 30.6 Å². The van der Waals surface area contributed by atoms with E-state index in [9.17, 15) is 0 Å². The van der Waals surface area contributed by atoms with Crippen LogP contribution >= 0.6 is 0 Å². The summed E-state index contributed by atoms with van der Waals surface area (Å²) in [4.78, 5) is 12.5. The molecule has 2 N–H and O–H groups in total. The zero-order valence-electron chi connectivity index (χ0n) is 7.81. The Morgan fingerprint density at radius 3 is 2.50 bits per heavy atom. The van der Waals surface area contributed by atoms with E-state index in [2.05, 4.69) is 15.0 Å². The maximum Gasteiger partial charge on any atom is 0.178 e. The lowest BCUT2D eigenvalue weighted by Crippen LogP contribution is -1.94. The second-order valence-electron chi connectivity index (χ2n) is 3.00. The Kier molecular flexibility index (Phi) is 2.10. The van der Waals surface area contributed by atoms with Gasteiger partial charge in [0, 0.05) is 5.69 Å². The highest BCUT2D eigenvalue weighted by atomic mass is 14.9. The topological polar surface area (TPSA) is 64.7 Å². The molecule has 0 bridgehead atoms. The first-order chi connectivity index (χ1) is 6.75. The third kappa shape index (κ3) is 1.69. The van der Waals surface area contributed by atoms with Gasteiger partial charge in [0.2, 0.25) is 0 Å². The van der Waals surface area contributed by atoms with Crippen LogP contribution in [0.4, 0.5) is 5.69 Å². The van der Waals surface area contributed by atoms with Gasteiger partial charge in [0.25, 0.3) is 0 Å². The minimum absolute atomic E-state index is 0.557. The average molecular weight is 186 g/mol. The molecule has 14 heavy (non-hydrogen) atoms. The van der Waals surface area contributed by atoms with Crippen LogP contribution in [-0.4, -0.2) is 15.0 Å². The largest absolute Gasteiger partial charge is 0.396 e. The van der Waals surface area contributed by atoms with E-state index in [4.69, 9.17) is 5.73 Å². The average Bonchev–Trinajstić information content (AvgIpc) is 2.19. The quantitative estimate of drug-likeness (QED) is 0.731. The van der Waals surface area contributed by atoms with Crippen LogP contribution in [0.2, 0.25) is 0 Å². The summed E-state index contributed by atoms with van der Waals surface area (Å²) in [5, 5.41) is 0. The van der Waals surface area contributed by atoms with Crippen molar-refractivity contribution in [2.24, 2.45) is 0 Å². The summed E-state index contributed by atoms with van der Waals surface area (Å²) < 4.78 is 0. The molecule has 2 rings (SSSR count). The minimum Gasteiger partial charge on any atom is -0.396 e. The Bertz CT molecular complexity index is 436. The smallest absolute Gasteiger partial charge is 0.178 e. The number of rotatable bonds is 1. The maximum absolute atomic E-state index is 5.49. The van der Waals surface area contributed by atoms with Gasteiger partial charge in [0.1, 0.15) is 5.69 Å². The van der Waals surface area contributed by atoms with Crippen LogP contribution in [0.1, 0.15) is 5.69 Å². The molecule has 0 saturated carbocycles. The Balaban J connectivity index is 2.44. The van der Waals surface area contributed by atoms with Crippen molar-refractivity contribution in [1.29, 1.82) is 0 Å². The van der Waals surface area contributed by atoms with Gasteiger partial charge in [-0.25, -0.2) is 15.0 Å². The van der Waals surface area contributed by atoms with Gasteiger partial charge in [-0.2, -0.15) is 0 Å². The summed E-state index contributed by atoms with van der Waals surface area (Å²) in [6.45, 7) is 1.93. The standard InChI is InChI=1S/C10H10N4/c1-7-3-2-4-9(14-7)10-12-5-8(11)6-13-10/h2-6H,11H2,1H3. The molecule has 0 atom stereocenters. The molecule has 0 amide bonds. The fourth-order valence-electron chi connectivity index (χ4n) is 1.14. The zero-order valence-corrected chi connectivity index (χ0v) is 7.81. The van der Waals surface area contributed by atoms with Crippen molar-refractivity contribution < 1.29 is 0 Å². The van der Waals surface area contributed by atoms with Gasteiger partial charge >= 0.3 is 0 Å².